The second-order valence-electron chi connectivity index (χ2n) is 8.37. The van der Waals surface area contributed by atoms with E-state index in [-0.39, 0.29) is 24.5 Å². The highest BCUT2D eigenvalue weighted by molar-refractivity contribution is 7.90. The summed E-state index contributed by atoms with van der Waals surface area (Å²) in [5.74, 6) is -0.846. The Bertz CT molecular complexity index is 788. The third kappa shape index (κ3) is 7.04. The Balaban J connectivity index is 1.64. The smallest absolute Gasteiger partial charge is 0.239 e. The largest absolute Gasteiger partial charge is 0.376 e. The molecule has 1 saturated heterocycles. The lowest BCUT2D eigenvalue weighted by Crippen LogP contribution is -2.45. The fourth-order valence-electron chi connectivity index (χ4n) is 4.07. The molecule has 1 aromatic rings. The van der Waals surface area contributed by atoms with Crippen LogP contribution in [0.25, 0.3) is 0 Å². The molecule has 0 aromatic heterocycles. The lowest BCUT2D eigenvalue weighted by molar-refractivity contribution is -0.130. The van der Waals surface area contributed by atoms with Crippen molar-refractivity contribution in [1.29, 1.82) is 0 Å². The molecular weight excluding hydrogens is 395 g/mol. The molecule has 1 aliphatic heterocycles. The molecule has 2 aliphatic rings. The van der Waals surface area contributed by atoms with Crippen LogP contribution >= 0.6 is 0 Å². The van der Waals surface area contributed by atoms with Crippen molar-refractivity contribution >= 4 is 15.9 Å². The van der Waals surface area contributed by atoms with Crippen LogP contribution in [0.1, 0.15) is 51.0 Å². The number of ether oxygens (including phenoxy) is 1. The van der Waals surface area contributed by atoms with Gasteiger partial charge in [0.15, 0.2) is 0 Å². The summed E-state index contributed by atoms with van der Waals surface area (Å²) in [4.78, 5) is 14.4. The van der Waals surface area contributed by atoms with Crippen LogP contribution in [-0.2, 0) is 26.1 Å². The molecule has 0 spiro atoms. The van der Waals surface area contributed by atoms with Gasteiger partial charge in [0.1, 0.15) is 11.6 Å². The number of carbonyl (C=O) groups is 1. The van der Waals surface area contributed by atoms with E-state index in [1.54, 1.807) is 12.1 Å². The Morgan fingerprint density at radius 3 is 2.66 bits per heavy atom. The van der Waals surface area contributed by atoms with Crippen molar-refractivity contribution in [3.63, 3.8) is 0 Å². The van der Waals surface area contributed by atoms with Gasteiger partial charge in [0, 0.05) is 25.7 Å². The monoisotopic (exact) mass is 426 g/mol. The molecule has 6 nitrogen and oxygen atoms in total. The highest BCUT2D eigenvalue weighted by Gasteiger charge is 2.29. The summed E-state index contributed by atoms with van der Waals surface area (Å²) in [5, 5.41) is 0. The molecule has 0 radical (unpaired) electrons. The molecule has 1 atom stereocenters. The minimum Gasteiger partial charge on any atom is -0.376 e. The molecule has 0 bridgehead atoms. The van der Waals surface area contributed by atoms with Crippen molar-refractivity contribution < 1.29 is 22.3 Å². The van der Waals surface area contributed by atoms with Gasteiger partial charge in [0.05, 0.1) is 6.10 Å². The van der Waals surface area contributed by atoms with Crippen molar-refractivity contribution in [2.75, 3.05) is 18.9 Å². The molecule has 1 aromatic carbocycles. The van der Waals surface area contributed by atoms with Gasteiger partial charge in [-0.25, -0.2) is 17.5 Å². The molecule has 1 saturated carbocycles. The molecule has 1 aliphatic carbocycles. The van der Waals surface area contributed by atoms with E-state index in [1.165, 1.54) is 17.0 Å². The van der Waals surface area contributed by atoms with E-state index in [0.29, 0.717) is 24.6 Å². The number of amides is 1. The van der Waals surface area contributed by atoms with Crippen LogP contribution in [0.4, 0.5) is 4.39 Å². The highest BCUT2D eigenvalue weighted by Crippen LogP contribution is 2.24. The quantitative estimate of drug-likeness (QED) is 0.694. The predicted octanol–water partition coefficient (Wildman–Crippen LogP) is 2.83. The molecular formula is C21H31FN2O4S. The molecule has 1 N–H and O–H groups in total. The van der Waals surface area contributed by atoms with Crippen LogP contribution in [0.5, 0.6) is 0 Å². The molecule has 29 heavy (non-hydrogen) atoms. The van der Waals surface area contributed by atoms with Gasteiger partial charge in [-0.1, -0.05) is 19.1 Å². The number of hydrogen-bond donors (Lipinski definition) is 1. The summed E-state index contributed by atoms with van der Waals surface area (Å²) in [7, 11) is -3.73. The number of carbonyl (C=O) groups excluding carboxylic acids is 1. The Morgan fingerprint density at radius 2 is 2.00 bits per heavy atom. The Labute approximate surface area is 172 Å². The Morgan fingerprint density at radius 1 is 1.24 bits per heavy atom. The van der Waals surface area contributed by atoms with E-state index in [1.807, 2.05) is 0 Å². The lowest BCUT2D eigenvalue weighted by atomic mass is 9.88. The summed E-state index contributed by atoms with van der Waals surface area (Å²) in [6, 6.07) is 5.93. The van der Waals surface area contributed by atoms with Crippen molar-refractivity contribution in [3.05, 3.63) is 35.6 Å². The molecule has 1 amide bonds. The number of halogens is 1. The fraction of sp³-hybridized carbons (Fsp3) is 0.667. The first kappa shape index (κ1) is 22.2. The van der Waals surface area contributed by atoms with Crippen molar-refractivity contribution in [2.24, 2.45) is 5.92 Å². The second-order valence-corrected chi connectivity index (χ2v) is 10.1. The van der Waals surface area contributed by atoms with Crippen LogP contribution in [0, 0.1) is 11.7 Å². The average molecular weight is 427 g/mol. The van der Waals surface area contributed by atoms with Gasteiger partial charge in [0.25, 0.3) is 0 Å². The maximum absolute atomic E-state index is 13.5. The predicted molar refractivity (Wildman–Crippen MR) is 109 cm³/mol. The third-order valence-electron chi connectivity index (χ3n) is 5.74. The first-order valence-electron chi connectivity index (χ1n) is 10.4. The number of nitrogens with zero attached hydrogens (tertiary/aromatic N) is 1. The molecule has 2 fully saturated rings. The van der Waals surface area contributed by atoms with Gasteiger partial charge >= 0.3 is 0 Å². The van der Waals surface area contributed by atoms with Crippen LogP contribution in [0.2, 0.25) is 0 Å². The van der Waals surface area contributed by atoms with Crippen LogP contribution in [-0.4, -0.2) is 50.3 Å². The SMILES string of the molecule is CC1CCC(NS(=O)(=O)CC(=O)N(Cc2cccc(F)c2)C[C@H]2CCCO2)CC1. The maximum atomic E-state index is 13.5. The van der Waals surface area contributed by atoms with E-state index in [2.05, 4.69) is 11.6 Å². The number of rotatable bonds is 8. The Kier molecular flexibility index (Phi) is 7.65. The second kappa shape index (κ2) is 10.00. The molecule has 162 valence electrons. The summed E-state index contributed by atoms with van der Waals surface area (Å²) in [6.45, 7) is 3.29. The molecule has 3 rings (SSSR count). The topological polar surface area (TPSA) is 75.7 Å². The van der Waals surface area contributed by atoms with Gasteiger partial charge in [-0.05, 0) is 62.1 Å². The van der Waals surface area contributed by atoms with Crippen molar-refractivity contribution in [1.82, 2.24) is 9.62 Å². The number of benzene rings is 1. The molecule has 1 heterocycles. The van der Waals surface area contributed by atoms with Crippen molar-refractivity contribution in [2.45, 2.75) is 64.1 Å². The zero-order chi connectivity index (χ0) is 20.9. The first-order chi connectivity index (χ1) is 13.8. The minimum absolute atomic E-state index is 0.0983. The van der Waals surface area contributed by atoms with Crippen LogP contribution < -0.4 is 4.72 Å². The zero-order valence-corrected chi connectivity index (χ0v) is 17.8. The van der Waals surface area contributed by atoms with E-state index >= 15 is 0 Å². The van der Waals surface area contributed by atoms with Gasteiger partial charge in [-0.3, -0.25) is 4.79 Å². The van der Waals surface area contributed by atoms with Gasteiger partial charge in [-0.2, -0.15) is 0 Å². The minimum atomic E-state index is -3.73. The molecule has 8 heteroatoms. The van der Waals surface area contributed by atoms with Crippen LogP contribution in [0.15, 0.2) is 24.3 Å². The van der Waals surface area contributed by atoms with Gasteiger partial charge in [0.2, 0.25) is 15.9 Å². The van der Waals surface area contributed by atoms with Crippen molar-refractivity contribution in [3.8, 4) is 0 Å². The number of hydrogen-bond acceptors (Lipinski definition) is 4. The summed E-state index contributed by atoms with van der Waals surface area (Å²) >= 11 is 0. The first-order valence-corrected chi connectivity index (χ1v) is 12.1. The van der Waals surface area contributed by atoms with Gasteiger partial charge < -0.3 is 9.64 Å². The average Bonchev–Trinajstić information content (AvgIpc) is 3.16. The summed E-state index contributed by atoms with van der Waals surface area (Å²) in [6.07, 6.45) is 5.24. The molecule has 0 unspecified atom stereocenters. The zero-order valence-electron chi connectivity index (χ0n) is 17.0. The van der Waals surface area contributed by atoms with E-state index in [4.69, 9.17) is 4.74 Å². The van der Waals surface area contributed by atoms with E-state index in [0.717, 1.165) is 38.5 Å². The van der Waals surface area contributed by atoms with Crippen LogP contribution in [0.3, 0.4) is 0 Å². The third-order valence-corrected chi connectivity index (χ3v) is 7.06. The summed E-state index contributed by atoms with van der Waals surface area (Å²) < 4.78 is 47.1. The summed E-state index contributed by atoms with van der Waals surface area (Å²) in [5.41, 5.74) is 0.628. The van der Waals surface area contributed by atoms with Gasteiger partial charge in [-0.15, -0.1) is 0 Å². The van der Waals surface area contributed by atoms with E-state index in [9.17, 15) is 17.6 Å². The Hall–Kier alpha value is -1.51. The number of nitrogens with one attached hydrogen (secondary N) is 1. The number of sulfonamides is 1. The standard InChI is InChI=1S/C21H31FN2O4S/c1-16-7-9-19(10-8-16)23-29(26,27)15-21(25)24(14-20-6-3-11-28-20)13-17-4-2-5-18(22)12-17/h2,4-5,12,16,19-20,23H,3,6-11,13-15H2,1H3/t16?,19?,20-/m1/s1. The lowest BCUT2D eigenvalue weighted by Gasteiger charge is -2.28. The maximum Gasteiger partial charge on any atom is 0.239 e. The normalized spacial score (nSPS) is 25.1. The fourth-order valence-corrected chi connectivity index (χ4v) is 5.41. The highest BCUT2D eigenvalue weighted by atomic mass is 32.2. The van der Waals surface area contributed by atoms with E-state index < -0.39 is 21.7 Å².